The molecule has 0 radical (unpaired) electrons. The lowest BCUT2D eigenvalue weighted by atomic mass is 10.1. The average molecular weight is 339 g/mol. The van der Waals surface area contributed by atoms with E-state index in [1.807, 2.05) is 30.3 Å². The number of aryl methyl sites for hydroxylation is 1. The molecule has 0 fully saturated rings. The number of anilines is 1. The van der Waals surface area contributed by atoms with E-state index >= 15 is 0 Å². The van der Waals surface area contributed by atoms with Crippen molar-refractivity contribution in [3.8, 4) is 17.2 Å². The van der Waals surface area contributed by atoms with Gasteiger partial charge in [0, 0.05) is 17.0 Å². The fraction of sp³-hybridized carbons (Fsp3) is 0.250. The molecule has 130 valence electrons. The molecular formula is C20H23N2O3+. The van der Waals surface area contributed by atoms with Gasteiger partial charge in [0.25, 0.3) is 5.82 Å². The van der Waals surface area contributed by atoms with E-state index in [0.717, 1.165) is 39.5 Å². The highest BCUT2D eigenvalue weighted by Crippen LogP contribution is 2.31. The minimum Gasteiger partial charge on any atom is -0.493 e. The zero-order valence-electron chi connectivity index (χ0n) is 15.0. The molecule has 0 amide bonds. The number of aromatic nitrogens is 1. The Morgan fingerprint density at radius 3 is 2.36 bits per heavy atom. The Bertz CT molecular complexity index is 893. The molecule has 0 atom stereocenters. The lowest BCUT2D eigenvalue weighted by Gasteiger charge is -2.12. The van der Waals surface area contributed by atoms with Gasteiger partial charge in [-0.3, -0.25) is 5.32 Å². The quantitative estimate of drug-likeness (QED) is 0.745. The highest BCUT2D eigenvalue weighted by Gasteiger charge is 2.14. The van der Waals surface area contributed by atoms with Crippen LogP contribution in [-0.2, 0) is 6.54 Å². The second-order valence-corrected chi connectivity index (χ2v) is 5.76. The summed E-state index contributed by atoms with van der Waals surface area (Å²) in [5.41, 5.74) is 3.17. The first kappa shape index (κ1) is 16.9. The van der Waals surface area contributed by atoms with Crippen LogP contribution in [0.1, 0.15) is 11.1 Å². The lowest BCUT2D eigenvalue weighted by Crippen LogP contribution is -2.15. The molecule has 1 heterocycles. The molecule has 1 aromatic heterocycles. The maximum atomic E-state index is 5.49. The Morgan fingerprint density at radius 1 is 0.920 bits per heavy atom. The minimum atomic E-state index is 0.608. The molecule has 25 heavy (non-hydrogen) atoms. The van der Waals surface area contributed by atoms with E-state index in [4.69, 9.17) is 14.2 Å². The van der Waals surface area contributed by atoms with Crippen molar-refractivity contribution in [2.24, 2.45) is 0 Å². The summed E-state index contributed by atoms with van der Waals surface area (Å²) >= 11 is 0. The average Bonchev–Trinajstić information content (AvgIpc) is 2.65. The van der Waals surface area contributed by atoms with Gasteiger partial charge in [-0.05, 0) is 24.6 Å². The molecular weight excluding hydrogens is 316 g/mol. The second kappa shape index (κ2) is 7.30. The van der Waals surface area contributed by atoms with Gasteiger partial charge in [0.05, 0.1) is 21.3 Å². The van der Waals surface area contributed by atoms with Crippen molar-refractivity contribution in [2.45, 2.75) is 13.5 Å². The number of ether oxygens (including phenoxy) is 3. The van der Waals surface area contributed by atoms with Crippen molar-refractivity contribution in [1.82, 2.24) is 0 Å². The Labute approximate surface area is 147 Å². The van der Waals surface area contributed by atoms with Crippen molar-refractivity contribution in [1.29, 1.82) is 0 Å². The summed E-state index contributed by atoms with van der Waals surface area (Å²) in [6.07, 6.45) is 0. The molecule has 0 unspecified atom stereocenters. The van der Waals surface area contributed by atoms with Crippen molar-refractivity contribution in [2.75, 3.05) is 26.6 Å². The number of methoxy groups -OCH3 is 3. The Balaban J connectivity index is 1.92. The van der Waals surface area contributed by atoms with Crippen LogP contribution in [0.15, 0.2) is 42.5 Å². The third-order valence-corrected chi connectivity index (χ3v) is 4.25. The first-order valence-corrected chi connectivity index (χ1v) is 8.11. The van der Waals surface area contributed by atoms with E-state index < -0.39 is 0 Å². The summed E-state index contributed by atoms with van der Waals surface area (Å²) in [5, 5.41) is 4.57. The van der Waals surface area contributed by atoms with Crippen LogP contribution in [0, 0.1) is 6.92 Å². The number of fused-ring (bicyclic) bond motifs is 1. The fourth-order valence-corrected chi connectivity index (χ4v) is 3.00. The monoisotopic (exact) mass is 339 g/mol. The van der Waals surface area contributed by atoms with E-state index in [1.165, 1.54) is 5.56 Å². The fourth-order valence-electron chi connectivity index (χ4n) is 3.00. The molecule has 0 aliphatic rings. The SMILES string of the molecule is COc1cccc(CNc2cc(C)c3cccc(OC)c3[nH+]2)c1OC. The topological polar surface area (TPSA) is 53.9 Å². The predicted molar refractivity (Wildman–Crippen MR) is 98.7 cm³/mol. The number of hydrogen-bond donors (Lipinski definition) is 1. The van der Waals surface area contributed by atoms with Crippen molar-refractivity contribution in [3.05, 3.63) is 53.6 Å². The molecule has 2 aromatic carbocycles. The number of rotatable bonds is 6. The standard InChI is InChI=1S/C20H22N2O3/c1-13-11-18(22-19-15(13)8-6-9-16(19)23-2)21-12-14-7-5-10-17(24-3)20(14)25-4/h5-11H,12H2,1-4H3,(H,21,22)/p+1. The summed E-state index contributed by atoms with van der Waals surface area (Å²) in [6, 6.07) is 14.0. The summed E-state index contributed by atoms with van der Waals surface area (Å²) in [4.78, 5) is 3.42. The first-order chi connectivity index (χ1) is 12.2. The number of para-hydroxylation sites is 2. The molecule has 0 bridgehead atoms. The molecule has 3 rings (SSSR count). The predicted octanol–water partition coefficient (Wildman–Crippen LogP) is 3.60. The molecule has 5 nitrogen and oxygen atoms in total. The van der Waals surface area contributed by atoms with E-state index in [2.05, 4.69) is 29.4 Å². The van der Waals surface area contributed by atoms with E-state index in [1.54, 1.807) is 21.3 Å². The molecule has 0 saturated carbocycles. The normalized spacial score (nSPS) is 10.6. The second-order valence-electron chi connectivity index (χ2n) is 5.76. The maximum absolute atomic E-state index is 5.49. The van der Waals surface area contributed by atoms with Gasteiger partial charge >= 0.3 is 0 Å². The molecule has 0 aliphatic heterocycles. The summed E-state index contributed by atoms with van der Waals surface area (Å²) < 4.78 is 16.3. The smallest absolute Gasteiger partial charge is 0.273 e. The van der Waals surface area contributed by atoms with Crippen molar-refractivity contribution in [3.63, 3.8) is 0 Å². The molecule has 0 aliphatic carbocycles. The van der Waals surface area contributed by atoms with Gasteiger partial charge in [-0.25, -0.2) is 4.98 Å². The van der Waals surface area contributed by atoms with Gasteiger partial charge in [-0.15, -0.1) is 0 Å². The largest absolute Gasteiger partial charge is 0.493 e. The van der Waals surface area contributed by atoms with Gasteiger partial charge < -0.3 is 14.2 Å². The number of nitrogens with one attached hydrogen (secondary N) is 2. The third-order valence-electron chi connectivity index (χ3n) is 4.25. The van der Waals surface area contributed by atoms with Crippen LogP contribution >= 0.6 is 0 Å². The number of pyridine rings is 1. The molecule has 0 saturated heterocycles. The zero-order valence-corrected chi connectivity index (χ0v) is 15.0. The van der Waals surface area contributed by atoms with Gasteiger partial charge in [0.1, 0.15) is 6.54 Å². The zero-order chi connectivity index (χ0) is 17.8. The minimum absolute atomic E-state index is 0.608. The van der Waals surface area contributed by atoms with E-state index in [9.17, 15) is 0 Å². The van der Waals surface area contributed by atoms with E-state index in [-0.39, 0.29) is 0 Å². The number of aromatic amines is 1. The molecule has 0 spiro atoms. The Kier molecular flexibility index (Phi) is 4.93. The van der Waals surface area contributed by atoms with Crippen LogP contribution in [0.3, 0.4) is 0 Å². The highest BCUT2D eigenvalue weighted by atomic mass is 16.5. The van der Waals surface area contributed by atoms with Gasteiger partial charge in [-0.1, -0.05) is 24.3 Å². The maximum Gasteiger partial charge on any atom is 0.273 e. The third kappa shape index (κ3) is 3.31. The molecule has 3 aromatic rings. The van der Waals surface area contributed by atoms with E-state index in [0.29, 0.717) is 6.54 Å². The highest BCUT2D eigenvalue weighted by molar-refractivity contribution is 5.85. The van der Waals surface area contributed by atoms with Crippen molar-refractivity contribution >= 4 is 16.7 Å². The van der Waals surface area contributed by atoms with Crippen LogP contribution in [0.4, 0.5) is 5.82 Å². The van der Waals surface area contributed by atoms with Crippen LogP contribution in [0.2, 0.25) is 0 Å². The number of H-pyrrole nitrogens is 1. The Hall–Kier alpha value is -2.95. The van der Waals surface area contributed by atoms with Crippen LogP contribution in [0.25, 0.3) is 10.9 Å². The van der Waals surface area contributed by atoms with Crippen molar-refractivity contribution < 1.29 is 19.2 Å². The van der Waals surface area contributed by atoms with Gasteiger partial charge in [0.15, 0.2) is 22.8 Å². The number of benzene rings is 2. The molecule has 5 heteroatoms. The summed E-state index contributed by atoms with van der Waals surface area (Å²) in [5.74, 6) is 3.21. The van der Waals surface area contributed by atoms with Crippen LogP contribution in [-0.4, -0.2) is 21.3 Å². The first-order valence-electron chi connectivity index (χ1n) is 8.11. The lowest BCUT2D eigenvalue weighted by molar-refractivity contribution is -0.328. The number of hydrogen-bond acceptors (Lipinski definition) is 4. The summed E-state index contributed by atoms with van der Waals surface area (Å²) in [7, 11) is 4.97. The molecule has 2 N–H and O–H groups in total. The van der Waals surface area contributed by atoms with Gasteiger partial charge in [0.2, 0.25) is 0 Å². The van der Waals surface area contributed by atoms with Gasteiger partial charge in [-0.2, -0.15) is 0 Å². The van der Waals surface area contributed by atoms with Crippen LogP contribution in [0.5, 0.6) is 17.2 Å². The summed E-state index contributed by atoms with van der Waals surface area (Å²) in [6.45, 7) is 2.70. The Morgan fingerprint density at radius 2 is 1.64 bits per heavy atom. The van der Waals surface area contributed by atoms with Crippen LogP contribution < -0.4 is 24.5 Å².